The Bertz CT molecular complexity index is 1220. The lowest BCUT2D eigenvalue weighted by atomic mass is 10.1. The first-order valence-electron chi connectivity index (χ1n) is 13.7. The number of anilines is 1. The van der Waals surface area contributed by atoms with Crippen LogP contribution < -0.4 is 10.1 Å². The fraction of sp³-hybridized carbons (Fsp3) is 0.692. The third kappa shape index (κ3) is 5.08. The van der Waals surface area contributed by atoms with E-state index in [0.717, 1.165) is 5.57 Å². The highest BCUT2D eigenvalue weighted by molar-refractivity contribution is 6.84. The lowest BCUT2D eigenvalue weighted by molar-refractivity contribution is -0.114. The predicted molar refractivity (Wildman–Crippen MR) is 153 cm³/mol. The molecule has 1 N–H and O–H groups in total. The maximum Gasteiger partial charge on any atom is 0.335 e. The highest BCUT2D eigenvalue weighted by Crippen LogP contribution is 2.49. The minimum absolute atomic E-state index is 0.117. The molecule has 2 aromatic heterocycles. The summed E-state index contributed by atoms with van der Waals surface area (Å²) in [5, 5.41) is 2.63. The van der Waals surface area contributed by atoms with Crippen molar-refractivity contribution in [2.75, 3.05) is 19.0 Å². The number of amides is 1. The smallest absolute Gasteiger partial charge is 0.335 e. The summed E-state index contributed by atoms with van der Waals surface area (Å²) in [6.45, 7) is 23.7. The molecule has 1 amide bonds. The van der Waals surface area contributed by atoms with Crippen molar-refractivity contribution in [3.63, 3.8) is 0 Å². The van der Waals surface area contributed by atoms with Crippen LogP contribution in [0, 0.1) is 0 Å². The first-order chi connectivity index (χ1) is 18.3. The summed E-state index contributed by atoms with van der Waals surface area (Å²) in [5.74, 6) is 0.0763. The fourth-order valence-corrected chi connectivity index (χ4v) is 17.0. The average Bonchev–Trinajstić information content (AvgIpc) is 3.38. The molecule has 2 aliphatic rings. The maximum absolute atomic E-state index is 11.7. The number of imidazole rings is 1. The molecular formula is C26H43N5O6Si2. The molecule has 39 heavy (non-hydrogen) atoms. The van der Waals surface area contributed by atoms with Crippen LogP contribution in [0.3, 0.4) is 0 Å². The van der Waals surface area contributed by atoms with Gasteiger partial charge < -0.3 is 22.4 Å². The summed E-state index contributed by atoms with van der Waals surface area (Å²) >= 11 is 0. The highest BCUT2D eigenvalue weighted by atomic mass is 28.5. The van der Waals surface area contributed by atoms with E-state index in [1.54, 1.807) is 10.9 Å². The van der Waals surface area contributed by atoms with Gasteiger partial charge in [0, 0.05) is 12.5 Å². The van der Waals surface area contributed by atoms with Crippen molar-refractivity contribution < 1.29 is 27.2 Å². The lowest BCUT2D eigenvalue weighted by Gasteiger charge is -2.51. The van der Waals surface area contributed by atoms with E-state index < -0.39 is 29.5 Å². The third-order valence-electron chi connectivity index (χ3n) is 7.77. The van der Waals surface area contributed by atoms with Gasteiger partial charge in [0.15, 0.2) is 17.4 Å². The molecular weight excluding hydrogens is 534 g/mol. The molecule has 2 fully saturated rings. The van der Waals surface area contributed by atoms with Crippen LogP contribution in [0.1, 0.15) is 68.5 Å². The average molecular weight is 578 g/mol. The van der Waals surface area contributed by atoms with E-state index >= 15 is 0 Å². The quantitative estimate of drug-likeness (QED) is 0.350. The van der Waals surface area contributed by atoms with Crippen molar-refractivity contribution in [1.29, 1.82) is 0 Å². The van der Waals surface area contributed by atoms with Crippen LogP contribution in [-0.4, -0.2) is 68.5 Å². The van der Waals surface area contributed by atoms with Gasteiger partial charge in [0.2, 0.25) is 17.7 Å². The highest BCUT2D eigenvalue weighted by Gasteiger charge is 2.60. The molecule has 11 nitrogen and oxygen atoms in total. The fourth-order valence-electron chi connectivity index (χ4n) is 5.77. The van der Waals surface area contributed by atoms with E-state index in [-0.39, 0.29) is 46.0 Å². The summed E-state index contributed by atoms with van der Waals surface area (Å²) < 4.78 is 35.2. The molecule has 4 rings (SSSR count). The molecule has 0 spiro atoms. The zero-order valence-corrected chi connectivity index (χ0v) is 26.8. The number of hydrogen-bond acceptors (Lipinski definition) is 9. The Morgan fingerprint density at radius 3 is 2.23 bits per heavy atom. The lowest BCUT2D eigenvalue weighted by Crippen LogP contribution is -2.65. The van der Waals surface area contributed by atoms with E-state index in [4.69, 9.17) is 22.4 Å². The third-order valence-corrected chi connectivity index (χ3v) is 18.0. The number of fused-ring (bicyclic) bond motifs is 2. The molecule has 216 valence electrons. The number of carbonyl (C=O) groups is 1. The largest absolute Gasteiger partial charge is 0.479 e. The standard InChI is InChI=1S/C26H43N5O6Si2/c1-14(2)38(15(3)4)34-12-20-22(36-39(37-38,16(5)6)17(7)8)18(9)25(35-20)31-13-27-21-23(31)29-26(28-19(10)32)30-24(21)33-11/h13-17,20,22,25H,9,12H2,1-8,10-11H3,(H,28,29,30,32)/t20-,22?,25-/m1/s1. The first-order valence-corrected chi connectivity index (χ1v) is 17.6. The van der Waals surface area contributed by atoms with Crippen molar-refractivity contribution in [3.05, 3.63) is 18.5 Å². The van der Waals surface area contributed by atoms with Crippen LogP contribution in [0.25, 0.3) is 11.2 Å². The van der Waals surface area contributed by atoms with Gasteiger partial charge in [-0.2, -0.15) is 9.97 Å². The number of nitrogens with zero attached hydrogens (tertiary/aromatic N) is 4. The number of methoxy groups -OCH3 is 1. The Hall–Kier alpha value is -2.17. The molecule has 4 heterocycles. The molecule has 0 aliphatic carbocycles. The van der Waals surface area contributed by atoms with Gasteiger partial charge >= 0.3 is 17.1 Å². The van der Waals surface area contributed by atoms with Crippen LogP contribution in [0.2, 0.25) is 22.2 Å². The van der Waals surface area contributed by atoms with E-state index in [1.165, 1.54) is 14.0 Å². The number of aromatic nitrogens is 4. The monoisotopic (exact) mass is 577 g/mol. The second-order valence-electron chi connectivity index (χ2n) is 11.7. The molecule has 0 bridgehead atoms. The van der Waals surface area contributed by atoms with Crippen molar-refractivity contribution in [1.82, 2.24) is 19.5 Å². The minimum Gasteiger partial charge on any atom is -0.479 e. The van der Waals surface area contributed by atoms with Crippen LogP contribution in [-0.2, 0) is 22.5 Å². The van der Waals surface area contributed by atoms with Gasteiger partial charge in [-0.05, 0) is 22.2 Å². The summed E-state index contributed by atoms with van der Waals surface area (Å²) in [5.41, 5.74) is 2.48. The van der Waals surface area contributed by atoms with E-state index in [9.17, 15) is 4.79 Å². The Balaban J connectivity index is 1.79. The number of carbonyl (C=O) groups excluding carboxylic acids is 1. The first kappa shape index (κ1) is 29.8. The van der Waals surface area contributed by atoms with E-state index in [0.29, 0.717) is 17.8 Å². The van der Waals surface area contributed by atoms with Crippen LogP contribution in [0.5, 0.6) is 5.88 Å². The van der Waals surface area contributed by atoms with E-state index in [2.05, 4.69) is 82.2 Å². The molecule has 0 saturated carbocycles. The zero-order chi connectivity index (χ0) is 28.9. The number of ether oxygens (including phenoxy) is 2. The Labute approximate surface area is 233 Å². The maximum atomic E-state index is 11.7. The molecule has 13 heteroatoms. The summed E-state index contributed by atoms with van der Waals surface area (Å²) in [4.78, 5) is 25.0. The van der Waals surface area contributed by atoms with Crippen molar-refractivity contribution in [3.8, 4) is 5.88 Å². The van der Waals surface area contributed by atoms with Gasteiger partial charge in [0.05, 0.1) is 20.0 Å². The number of rotatable bonds is 7. The minimum atomic E-state index is -2.84. The topological polar surface area (TPSA) is 119 Å². The van der Waals surface area contributed by atoms with Gasteiger partial charge in [-0.1, -0.05) is 62.0 Å². The zero-order valence-electron chi connectivity index (χ0n) is 24.8. The SMILES string of the molecule is C=C1C2O[Si](C(C)C)(C(C)C)O[Si](C(C)C)(C(C)C)OC[C@H]2O[C@H]1n1cnc2c(OC)nc(NC(C)=O)nc21. The van der Waals surface area contributed by atoms with Crippen LogP contribution in [0.15, 0.2) is 18.5 Å². The van der Waals surface area contributed by atoms with Gasteiger partial charge in [-0.15, -0.1) is 0 Å². The Morgan fingerprint density at radius 2 is 1.69 bits per heavy atom. The number of nitrogens with one attached hydrogen (secondary N) is 1. The second kappa shape index (κ2) is 11.0. The van der Waals surface area contributed by atoms with Crippen molar-refractivity contribution in [2.24, 2.45) is 0 Å². The summed E-state index contributed by atoms with van der Waals surface area (Å²) in [6.07, 6.45) is 0.212. The molecule has 3 atom stereocenters. The molecule has 1 unspecified atom stereocenters. The van der Waals surface area contributed by atoms with Crippen molar-refractivity contribution in [2.45, 2.75) is 103 Å². The molecule has 2 saturated heterocycles. The Morgan fingerprint density at radius 1 is 1.08 bits per heavy atom. The normalized spacial score (nSPS) is 24.9. The summed E-state index contributed by atoms with van der Waals surface area (Å²) in [6, 6.07) is 0. The second-order valence-corrected chi connectivity index (χ2v) is 20.5. The van der Waals surface area contributed by atoms with E-state index in [1.807, 2.05) is 0 Å². The number of hydrogen-bond donors (Lipinski definition) is 1. The summed E-state index contributed by atoms with van der Waals surface area (Å²) in [7, 11) is -4.04. The van der Waals surface area contributed by atoms with Gasteiger partial charge in [-0.3, -0.25) is 14.7 Å². The molecule has 2 aromatic rings. The van der Waals surface area contributed by atoms with Gasteiger partial charge in [0.1, 0.15) is 12.2 Å². The van der Waals surface area contributed by atoms with Crippen LogP contribution in [0.4, 0.5) is 5.95 Å². The van der Waals surface area contributed by atoms with Crippen LogP contribution >= 0.6 is 0 Å². The molecule has 2 aliphatic heterocycles. The van der Waals surface area contributed by atoms with Gasteiger partial charge in [-0.25, -0.2) is 4.98 Å². The molecule has 0 aromatic carbocycles. The predicted octanol–water partition coefficient (Wildman–Crippen LogP) is 5.20. The van der Waals surface area contributed by atoms with Crippen molar-refractivity contribution >= 4 is 40.1 Å². The molecule has 0 radical (unpaired) electrons. The van der Waals surface area contributed by atoms with Gasteiger partial charge in [0.25, 0.3) is 0 Å². The Kier molecular flexibility index (Phi) is 8.42.